The van der Waals surface area contributed by atoms with Crippen molar-refractivity contribution < 1.29 is 9.90 Å². The summed E-state index contributed by atoms with van der Waals surface area (Å²) in [6, 6.07) is 14.8. The summed E-state index contributed by atoms with van der Waals surface area (Å²) in [7, 11) is 0. The predicted octanol–water partition coefficient (Wildman–Crippen LogP) is 4.64. The van der Waals surface area contributed by atoms with Crippen molar-refractivity contribution in [3.63, 3.8) is 0 Å². The molecule has 1 aliphatic carbocycles. The van der Waals surface area contributed by atoms with E-state index < -0.39 is 0 Å². The number of fused-ring (bicyclic) bond motifs is 2. The van der Waals surface area contributed by atoms with Crippen LogP contribution >= 0.6 is 0 Å². The Labute approximate surface area is 147 Å². The monoisotopic (exact) mass is 334 g/mol. The van der Waals surface area contributed by atoms with Crippen LogP contribution in [0.5, 0.6) is 5.75 Å². The highest BCUT2D eigenvalue weighted by atomic mass is 16.3. The van der Waals surface area contributed by atoms with Crippen LogP contribution in [0.1, 0.15) is 38.3 Å². The lowest BCUT2D eigenvalue weighted by molar-refractivity contribution is -0.124. The molecule has 2 aromatic rings. The second kappa shape index (κ2) is 5.73. The van der Waals surface area contributed by atoms with E-state index in [1.165, 1.54) is 0 Å². The van der Waals surface area contributed by atoms with Crippen molar-refractivity contribution in [1.29, 1.82) is 0 Å². The van der Waals surface area contributed by atoms with Crippen LogP contribution in [-0.4, -0.2) is 16.6 Å². The smallest absolute Gasteiger partial charge is 0.144 e. The molecule has 2 N–H and O–H groups in total. The fraction of sp³-hybridized carbons (Fsp3) is 0.333. The minimum absolute atomic E-state index is 0.0743. The molecule has 2 aromatic carbocycles. The Bertz CT molecular complexity index is 870. The highest BCUT2D eigenvalue weighted by Gasteiger charge is 2.43. The van der Waals surface area contributed by atoms with Crippen LogP contribution in [0.4, 0.5) is 11.4 Å². The van der Waals surface area contributed by atoms with Crippen molar-refractivity contribution in [1.82, 2.24) is 0 Å². The van der Waals surface area contributed by atoms with Crippen molar-refractivity contribution in [3.05, 3.63) is 54.1 Å². The van der Waals surface area contributed by atoms with Gasteiger partial charge in [0.05, 0.1) is 23.3 Å². The van der Waals surface area contributed by atoms with Gasteiger partial charge in [0.25, 0.3) is 0 Å². The van der Waals surface area contributed by atoms with Crippen LogP contribution in [-0.2, 0) is 4.79 Å². The molecule has 0 bridgehead atoms. The molecule has 0 saturated heterocycles. The van der Waals surface area contributed by atoms with Crippen LogP contribution in [0.25, 0.3) is 0 Å². The standard InChI is InChI=1S/C21H22N2O2/c1-21(2)11-17-19(18(25)12-21)20(13-6-5-7-14(24)10-13)23-16-9-4-3-8-15(16)22-17/h3-10,19-20,23-24H,11-12H2,1-2H3/t19?,20-/m1/s1. The Morgan fingerprint density at radius 2 is 1.92 bits per heavy atom. The van der Waals surface area contributed by atoms with E-state index >= 15 is 0 Å². The molecule has 2 aliphatic rings. The molecule has 1 unspecified atom stereocenters. The topological polar surface area (TPSA) is 61.7 Å². The third-order valence-electron chi connectivity index (χ3n) is 5.06. The van der Waals surface area contributed by atoms with Crippen LogP contribution in [0, 0.1) is 11.3 Å². The van der Waals surface area contributed by atoms with Gasteiger partial charge in [0.15, 0.2) is 0 Å². The van der Waals surface area contributed by atoms with Crippen LogP contribution in [0.15, 0.2) is 53.5 Å². The number of rotatable bonds is 1. The summed E-state index contributed by atoms with van der Waals surface area (Å²) < 4.78 is 0. The molecular formula is C21H22N2O2. The number of ketones is 1. The zero-order valence-corrected chi connectivity index (χ0v) is 14.5. The molecule has 0 spiro atoms. The molecule has 1 heterocycles. The molecule has 0 aromatic heterocycles. The number of aromatic hydroxyl groups is 1. The molecule has 1 saturated carbocycles. The number of benzene rings is 2. The zero-order valence-electron chi connectivity index (χ0n) is 14.5. The van der Waals surface area contributed by atoms with Gasteiger partial charge in [-0.3, -0.25) is 9.79 Å². The number of phenolic OH excluding ortho intramolecular Hbond substituents is 1. The van der Waals surface area contributed by atoms with Gasteiger partial charge in [-0.1, -0.05) is 38.1 Å². The maximum Gasteiger partial charge on any atom is 0.144 e. The van der Waals surface area contributed by atoms with Gasteiger partial charge in [0.2, 0.25) is 0 Å². The van der Waals surface area contributed by atoms with Crippen molar-refractivity contribution in [2.24, 2.45) is 16.3 Å². The van der Waals surface area contributed by atoms with Gasteiger partial charge in [0.1, 0.15) is 11.5 Å². The SMILES string of the molecule is CC1(C)CC(=O)C2C(=Nc3ccccc3N[C@@H]2c2cccc(O)c2)C1. The maximum atomic E-state index is 13.0. The zero-order chi connectivity index (χ0) is 17.6. The Morgan fingerprint density at radius 3 is 2.72 bits per heavy atom. The fourth-order valence-electron chi connectivity index (χ4n) is 4.01. The van der Waals surface area contributed by atoms with Gasteiger partial charge in [-0.2, -0.15) is 0 Å². The number of hydrogen-bond acceptors (Lipinski definition) is 4. The molecular weight excluding hydrogens is 312 g/mol. The molecule has 4 nitrogen and oxygen atoms in total. The minimum atomic E-state index is -0.303. The van der Waals surface area contributed by atoms with E-state index in [0.717, 1.165) is 29.1 Å². The second-order valence-electron chi connectivity index (χ2n) is 7.80. The van der Waals surface area contributed by atoms with E-state index in [1.807, 2.05) is 36.4 Å². The number of Topliss-reactive ketones (excluding diaryl/α,β-unsaturated/α-hetero) is 1. The summed E-state index contributed by atoms with van der Waals surface area (Å²) >= 11 is 0. The average Bonchev–Trinajstić information content (AvgIpc) is 2.70. The molecule has 1 aliphatic heterocycles. The molecule has 0 amide bonds. The number of nitrogens with one attached hydrogen (secondary N) is 1. The predicted molar refractivity (Wildman–Crippen MR) is 99.5 cm³/mol. The third kappa shape index (κ3) is 2.93. The van der Waals surface area contributed by atoms with E-state index in [-0.39, 0.29) is 28.9 Å². The van der Waals surface area contributed by atoms with E-state index in [9.17, 15) is 9.90 Å². The number of para-hydroxylation sites is 2. The first-order valence-corrected chi connectivity index (χ1v) is 8.68. The van der Waals surface area contributed by atoms with Crippen LogP contribution in [0.2, 0.25) is 0 Å². The Balaban J connectivity index is 1.87. The van der Waals surface area contributed by atoms with Crippen molar-refractivity contribution in [2.75, 3.05) is 5.32 Å². The lowest BCUT2D eigenvalue weighted by atomic mass is 9.68. The van der Waals surface area contributed by atoms with Crippen molar-refractivity contribution in [3.8, 4) is 5.75 Å². The summed E-state index contributed by atoms with van der Waals surface area (Å²) in [5, 5.41) is 13.4. The van der Waals surface area contributed by atoms with Crippen LogP contribution in [0.3, 0.4) is 0 Å². The normalized spacial score (nSPS) is 24.4. The highest BCUT2D eigenvalue weighted by molar-refractivity contribution is 6.10. The van der Waals surface area contributed by atoms with E-state index in [1.54, 1.807) is 12.1 Å². The first-order chi connectivity index (χ1) is 11.9. The van der Waals surface area contributed by atoms with E-state index in [2.05, 4.69) is 19.2 Å². The highest BCUT2D eigenvalue weighted by Crippen LogP contribution is 2.45. The number of carbonyl (C=O) groups is 1. The number of aliphatic imine (C=N–C) groups is 1. The number of phenols is 1. The van der Waals surface area contributed by atoms with Gasteiger partial charge >= 0.3 is 0 Å². The molecule has 0 radical (unpaired) electrons. The van der Waals surface area contributed by atoms with Crippen molar-refractivity contribution >= 4 is 22.9 Å². The minimum Gasteiger partial charge on any atom is -0.508 e. The van der Waals surface area contributed by atoms with Gasteiger partial charge < -0.3 is 10.4 Å². The van der Waals surface area contributed by atoms with Gasteiger partial charge in [0, 0.05) is 12.1 Å². The molecule has 4 heteroatoms. The number of anilines is 1. The molecule has 1 fully saturated rings. The third-order valence-corrected chi connectivity index (χ3v) is 5.06. The molecule has 4 rings (SSSR count). The molecule has 2 atom stereocenters. The quantitative estimate of drug-likeness (QED) is 0.799. The molecule has 128 valence electrons. The van der Waals surface area contributed by atoms with E-state index in [0.29, 0.717) is 6.42 Å². The first kappa shape index (κ1) is 15.9. The maximum absolute atomic E-state index is 13.0. The molecule has 25 heavy (non-hydrogen) atoms. The second-order valence-corrected chi connectivity index (χ2v) is 7.80. The number of nitrogens with zero attached hydrogens (tertiary/aromatic N) is 1. The number of hydrogen-bond donors (Lipinski definition) is 2. The summed E-state index contributed by atoms with van der Waals surface area (Å²) in [5.74, 6) is 0.116. The largest absolute Gasteiger partial charge is 0.508 e. The number of carbonyl (C=O) groups excluding carboxylic acids is 1. The van der Waals surface area contributed by atoms with Gasteiger partial charge in [-0.25, -0.2) is 0 Å². The summed E-state index contributed by atoms with van der Waals surface area (Å²) in [4.78, 5) is 17.9. The van der Waals surface area contributed by atoms with Gasteiger partial charge in [-0.05, 0) is 41.7 Å². The average molecular weight is 334 g/mol. The Morgan fingerprint density at radius 1 is 1.12 bits per heavy atom. The summed E-state index contributed by atoms with van der Waals surface area (Å²) in [5.41, 5.74) is 3.56. The lowest BCUT2D eigenvalue weighted by Crippen LogP contribution is -2.42. The van der Waals surface area contributed by atoms with E-state index in [4.69, 9.17) is 4.99 Å². The van der Waals surface area contributed by atoms with Crippen molar-refractivity contribution in [2.45, 2.75) is 32.7 Å². The summed E-state index contributed by atoms with van der Waals surface area (Å²) in [6.07, 6.45) is 1.35. The lowest BCUT2D eigenvalue weighted by Gasteiger charge is -2.37. The summed E-state index contributed by atoms with van der Waals surface area (Å²) in [6.45, 7) is 4.24. The van der Waals surface area contributed by atoms with Crippen LogP contribution < -0.4 is 5.32 Å². The first-order valence-electron chi connectivity index (χ1n) is 8.68. The fourth-order valence-corrected chi connectivity index (χ4v) is 4.01. The Kier molecular flexibility index (Phi) is 3.64. The van der Waals surface area contributed by atoms with Gasteiger partial charge in [-0.15, -0.1) is 0 Å². The Hall–Kier alpha value is -2.62.